The summed E-state index contributed by atoms with van der Waals surface area (Å²) < 4.78 is 0. The Morgan fingerprint density at radius 2 is 2.00 bits per heavy atom. The van der Waals surface area contributed by atoms with Gasteiger partial charge in [0.05, 0.1) is 11.4 Å². The zero-order valence-corrected chi connectivity index (χ0v) is 7.73. The van der Waals surface area contributed by atoms with E-state index in [4.69, 9.17) is 0 Å². The predicted octanol–water partition coefficient (Wildman–Crippen LogP) is 0.816. The Hall–Kier alpha value is -1.84. The van der Waals surface area contributed by atoms with Crippen LogP contribution in [0.5, 0.6) is 0 Å². The number of nitrogens with zero attached hydrogens (tertiary/aromatic N) is 2. The first-order chi connectivity index (χ1) is 6.74. The van der Waals surface area contributed by atoms with Crippen LogP contribution in [-0.4, -0.2) is 18.4 Å². The van der Waals surface area contributed by atoms with E-state index in [1.54, 1.807) is 18.2 Å². The lowest BCUT2D eigenvalue weighted by Gasteiger charge is -2.26. The Morgan fingerprint density at radius 1 is 1.29 bits per heavy atom. The van der Waals surface area contributed by atoms with Gasteiger partial charge in [-0.3, -0.25) is 9.59 Å². The topological polar surface area (TPSA) is 51.5 Å². The van der Waals surface area contributed by atoms with Gasteiger partial charge in [0.2, 0.25) is 0 Å². The molecule has 1 aliphatic rings. The van der Waals surface area contributed by atoms with Gasteiger partial charge in [0, 0.05) is 6.54 Å². The van der Waals surface area contributed by atoms with Gasteiger partial charge in [-0.2, -0.15) is 0 Å². The highest BCUT2D eigenvalue weighted by Crippen LogP contribution is 2.28. The van der Waals surface area contributed by atoms with E-state index in [1.165, 1.54) is 4.90 Å². The van der Waals surface area contributed by atoms with E-state index >= 15 is 0 Å². The first kappa shape index (κ1) is 8.74. The van der Waals surface area contributed by atoms with E-state index in [9.17, 15) is 9.59 Å². The van der Waals surface area contributed by atoms with Gasteiger partial charge >= 0.3 is 11.8 Å². The third kappa shape index (κ3) is 1.16. The van der Waals surface area contributed by atoms with Crippen LogP contribution < -0.4 is 10.2 Å². The van der Waals surface area contributed by atoms with Crippen molar-refractivity contribution < 1.29 is 9.59 Å². The molecule has 1 heterocycles. The molecule has 2 amide bonds. The number of hydrogen-bond acceptors (Lipinski definition) is 2. The van der Waals surface area contributed by atoms with Crippen molar-refractivity contribution in [1.82, 2.24) is 5.32 Å². The number of fused-ring (bicyclic) bond motifs is 1. The number of carbonyl (C=O) groups excluding carboxylic acids is 2. The monoisotopic (exact) mass is 189 g/mol. The zero-order chi connectivity index (χ0) is 10.1. The van der Waals surface area contributed by atoms with E-state index in [-0.39, 0.29) is 0 Å². The second kappa shape index (κ2) is 3.14. The molecule has 71 valence electrons. The van der Waals surface area contributed by atoms with Crippen molar-refractivity contribution in [2.24, 2.45) is 0 Å². The number of para-hydroxylation sites is 2. The summed E-state index contributed by atoms with van der Waals surface area (Å²) in [6.07, 6.45) is 0. The Kier molecular flexibility index (Phi) is 1.96. The minimum atomic E-state index is -0.689. The lowest BCUT2D eigenvalue weighted by atomic mass is 10.2. The molecule has 0 spiro atoms. The molecule has 1 aromatic rings. The molecule has 1 aromatic carbocycles. The van der Waals surface area contributed by atoms with Crippen molar-refractivity contribution in [2.45, 2.75) is 6.92 Å². The summed E-state index contributed by atoms with van der Waals surface area (Å²) in [7, 11) is 0. The largest absolute Gasteiger partial charge is 0.336 e. The van der Waals surface area contributed by atoms with Crippen molar-refractivity contribution in [3.05, 3.63) is 24.3 Å². The SMILES string of the molecule is CCN1C(=O)C(=O)[N]c2ccccc21. The first-order valence-electron chi connectivity index (χ1n) is 4.40. The van der Waals surface area contributed by atoms with Crippen molar-refractivity contribution in [1.29, 1.82) is 0 Å². The lowest BCUT2D eigenvalue weighted by Crippen LogP contribution is -2.43. The maximum absolute atomic E-state index is 11.4. The third-order valence-corrected chi connectivity index (χ3v) is 2.14. The fraction of sp³-hybridized carbons (Fsp3) is 0.200. The van der Waals surface area contributed by atoms with E-state index in [1.807, 2.05) is 13.0 Å². The molecule has 0 N–H and O–H groups in total. The summed E-state index contributed by atoms with van der Waals surface area (Å²) >= 11 is 0. The van der Waals surface area contributed by atoms with Crippen LogP contribution in [0.1, 0.15) is 6.92 Å². The molecule has 14 heavy (non-hydrogen) atoms. The van der Waals surface area contributed by atoms with E-state index < -0.39 is 11.8 Å². The highest BCUT2D eigenvalue weighted by Gasteiger charge is 2.30. The van der Waals surface area contributed by atoms with Gasteiger partial charge < -0.3 is 4.90 Å². The number of hydrogen-bond donors (Lipinski definition) is 0. The summed E-state index contributed by atoms with van der Waals surface area (Å²) in [4.78, 5) is 24.0. The van der Waals surface area contributed by atoms with Crippen LogP contribution in [0.2, 0.25) is 0 Å². The molecule has 1 aliphatic heterocycles. The van der Waals surface area contributed by atoms with Gasteiger partial charge in [0.25, 0.3) is 0 Å². The van der Waals surface area contributed by atoms with Crippen LogP contribution in [0.4, 0.5) is 11.4 Å². The number of rotatable bonds is 1. The number of anilines is 1. The van der Waals surface area contributed by atoms with Gasteiger partial charge in [-0.05, 0) is 19.1 Å². The van der Waals surface area contributed by atoms with E-state index in [0.29, 0.717) is 17.9 Å². The summed E-state index contributed by atoms with van der Waals surface area (Å²) in [5.74, 6) is -1.24. The molecule has 1 radical (unpaired) electrons. The van der Waals surface area contributed by atoms with Gasteiger partial charge in [0.1, 0.15) is 0 Å². The average molecular weight is 189 g/mol. The molecule has 0 fully saturated rings. The summed E-state index contributed by atoms with van der Waals surface area (Å²) in [6, 6.07) is 7.12. The maximum Gasteiger partial charge on any atom is 0.336 e. The lowest BCUT2D eigenvalue weighted by molar-refractivity contribution is -0.137. The summed E-state index contributed by atoms with van der Waals surface area (Å²) in [6.45, 7) is 2.31. The quantitative estimate of drug-likeness (QED) is 0.614. The van der Waals surface area contributed by atoms with E-state index in [2.05, 4.69) is 5.32 Å². The highest BCUT2D eigenvalue weighted by molar-refractivity contribution is 6.43. The normalized spacial score (nSPS) is 15.1. The van der Waals surface area contributed by atoms with Crippen molar-refractivity contribution >= 4 is 23.2 Å². The predicted molar refractivity (Wildman–Crippen MR) is 51.3 cm³/mol. The Morgan fingerprint density at radius 3 is 2.71 bits per heavy atom. The van der Waals surface area contributed by atoms with E-state index in [0.717, 1.165) is 0 Å². The van der Waals surface area contributed by atoms with Gasteiger partial charge in [-0.15, -0.1) is 0 Å². The number of benzene rings is 1. The van der Waals surface area contributed by atoms with Crippen LogP contribution >= 0.6 is 0 Å². The van der Waals surface area contributed by atoms with Gasteiger partial charge in [-0.25, -0.2) is 5.32 Å². The van der Waals surface area contributed by atoms with Crippen molar-refractivity contribution in [2.75, 3.05) is 11.4 Å². The number of amides is 2. The Balaban J connectivity index is 2.52. The molecule has 0 saturated carbocycles. The summed E-state index contributed by atoms with van der Waals surface area (Å²) in [5.41, 5.74) is 1.28. The molecule has 0 saturated heterocycles. The zero-order valence-electron chi connectivity index (χ0n) is 7.73. The number of likely N-dealkylation sites (N-methyl/N-ethyl adjacent to an activating group) is 1. The molecule has 0 aromatic heterocycles. The summed E-state index contributed by atoms with van der Waals surface area (Å²) in [5, 5.41) is 3.69. The minimum Gasteiger partial charge on any atom is -0.302 e. The van der Waals surface area contributed by atoms with Gasteiger partial charge in [0.15, 0.2) is 0 Å². The van der Waals surface area contributed by atoms with Crippen LogP contribution in [0.3, 0.4) is 0 Å². The fourth-order valence-corrected chi connectivity index (χ4v) is 1.48. The van der Waals surface area contributed by atoms with Crippen LogP contribution in [0.25, 0.3) is 0 Å². The standard InChI is InChI=1S/C10H9N2O2/c1-2-12-8-6-4-3-5-7(8)11-9(13)10(12)14/h3-6H,2H2,1H3. The van der Waals surface area contributed by atoms with Crippen LogP contribution in [0, 0.1) is 0 Å². The average Bonchev–Trinajstić information content (AvgIpc) is 2.20. The molecule has 0 bridgehead atoms. The van der Waals surface area contributed by atoms with Crippen molar-refractivity contribution in [3.8, 4) is 0 Å². The molecular weight excluding hydrogens is 180 g/mol. The second-order valence-corrected chi connectivity index (χ2v) is 2.96. The number of carbonyl (C=O) groups is 2. The van der Waals surface area contributed by atoms with Gasteiger partial charge in [-0.1, -0.05) is 12.1 Å². The molecule has 4 heteroatoms. The Labute approximate surface area is 81.5 Å². The Bertz CT molecular complexity index is 401. The molecular formula is C10H9N2O2. The maximum atomic E-state index is 11.4. The van der Waals surface area contributed by atoms with Crippen molar-refractivity contribution in [3.63, 3.8) is 0 Å². The molecule has 0 aliphatic carbocycles. The molecule has 0 unspecified atom stereocenters. The third-order valence-electron chi connectivity index (χ3n) is 2.14. The second-order valence-electron chi connectivity index (χ2n) is 2.96. The smallest absolute Gasteiger partial charge is 0.302 e. The van der Waals surface area contributed by atoms with Crippen LogP contribution in [-0.2, 0) is 9.59 Å². The van der Waals surface area contributed by atoms with Crippen LogP contribution in [0.15, 0.2) is 24.3 Å². The highest BCUT2D eigenvalue weighted by atomic mass is 16.2. The first-order valence-corrected chi connectivity index (χ1v) is 4.40. The fourth-order valence-electron chi connectivity index (χ4n) is 1.48. The molecule has 2 rings (SSSR count). The molecule has 0 atom stereocenters. The minimum absolute atomic E-state index is 0.483. The molecule has 4 nitrogen and oxygen atoms in total.